The van der Waals surface area contributed by atoms with Crippen LogP contribution in [0.1, 0.15) is 0 Å². The van der Waals surface area contributed by atoms with Crippen molar-refractivity contribution in [3.63, 3.8) is 0 Å². The summed E-state index contributed by atoms with van der Waals surface area (Å²) in [5, 5.41) is 15.6. The number of hydrogen-bond donors (Lipinski definition) is 5. The summed E-state index contributed by atoms with van der Waals surface area (Å²) >= 11 is 0. The van der Waals surface area contributed by atoms with Gasteiger partial charge in [-0.25, -0.2) is 14.4 Å². The molecule has 0 radical (unpaired) electrons. The lowest BCUT2D eigenvalue weighted by Crippen LogP contribution is -2.55. The van der Waals surface area contributed by atoms with E-state index in [-0.39, 0.29) is 6.54 Å². The fraction of sp³-hybridized carbons (Fsp3) is 0.375. The smallest absolute Gasteiger partial charge is 0.330 e. The number of methoxy groups -OCH3 is 2. The molecule has 0 unspecified atom stereocenters. The molecule has 0 aromatic rings. The molecule has 0 aliphatic heterocycles. The molecule has 0 fully saturated rings. The third-order valence-corrected chi connectivity index (χ3v) is 3.07. The molecule has 6 N–H and O–H groups in total. The van der Waals surface area contributed by atoms with Crippen molar-refractivity contribution in [1.29, 1.82) is 0 Å². The molecule has 13 nitrogen and oxygen atoms in total. The van der Waals surface area contributed by atoms with Crippen LogP contribution in [0.3, 0.4) is 0 Å². The fourth-order valence-electron chi connectivity index (χ4n) is 1.53. The van der Waals surface area contributed by atoms with Gasteiger partial charge in [-0.05, 0) is 0 Å². The Hall–Kier alpha value is -3.74. The molecule has 0 aliphatic carbocycles. The maximum Gasteiger partial charge on any atom is 0.330 e. The lowest BCUT2D eigenvalue weighted by atomic mass is 10.2. The maximum atomic E-state index is 12.0. The maximum absolute atomic E-state index is 12.0. The van der Waals surface area contributed by atoms with Gasteiger partial charge < -0.3 is 36.3 Å². The van der Waals surface area contributed by atoms with E-state index in [4.69, 9.17) is 10.8 Å². The van der Waals surface area contributed by atoms with E-state index in [1.165, 1.54) is 0 Å². The van der Waals surface area contributed by atoms with Gasteiger partial charge in [-0.2, -0.15) is 0 Å². The van der Waals surface area contributed by atoms with E-state index in [2.05, 4.69) is 25.4 Å². The topological polar surface area (TPSA) is 203 Å². The van der Waals surface area contributed by atoms with E-state index in [0.29, 0.717) is 0 Å². The van der Waals surface area contributed by atoms with Crippen LogP contribution in [0.15, 0.2) is 24.3 Å². The van der Waals surface area contributed by atoms with E-state index >= 15 is 0 Å². The van der Waals surface area contributed by atoms with Crippen LogP contribution in [0.5, 0.6) is 0 Å². The van der Waals surface area contributed by atoms with Crippen LogP contribution in [-0.4, -0.2) is 80.1 Å². The van der Waals surface area contributed by atoms with Gasteiger partial charge >= 0.3 is 17.9 Å². The second-order valence-electron chi connectivity index (χ2n) is 5.21. The highest BCUT2D eigenvalue weighted by Gasteiger charge is 2.23. The van der Waals surface area contributed by atoms with Crippen molar-refractivity contribution in [3.8, 4) is 0 Å². The number of hydrogen-bond acceptors (Lipinski definition) is 9. The molecular formula is C16H22N4O9. The van der Waals surface area contributed by atoms with Crippen molar-refractivity contribution in [1.82, 2.24) is 16.0 Å². The Bertz CT molecular complexity index is 703. The first kappa shape index (κ1) is 25.3. The number of esters is 2. The van der Waals surface area contributed by atoms with Gasteiger partial charge in [-0.3, -0.25) is 14.4 Å². The largest absolute Gasteiger partial charge is 0.480 e. The van der Waals surface area contributed by atoms with Crippen molar-refractivity contribution in [2.75, 3.05) is 27.3 Å². The van der Waals surface area contributed by atoms with Crippen molar-refractivity contribution < 1.29 is 43.3 Å². The Morgan fingerprint density at radius 2 is 1.31 bits per heavy atom. The summed E-state index contributed by atoms with van der Waals surface area (Å²) in [6, 6.07) is -2.82. The number of aliphatic carboxylic acids is 1. The molecule has 29 heavy (non-hydrogen) atoms. The van der Waals surface area contributed by atoms with E-state index in [1.807, 2.05) is 0 Å². The first-order valence-electron chi connectivity index (χ1n) is 7.97. The van der Waals surface area contributed by atoms with Gasteiger partial charge in [-0.1, -0.05) is 0 Å². The molecule has 13 heteroatoms. The quantitative estimate of drug-likeness (QED) is 0.167. The number of nitrogens with two attached hydrogens (primary N) is 1. The molecule has 2 atom stereocenters. The summed E-state index contributed by atoms with van der Waals surface area (Å²) in [6.07, 6.45) is 3.39. The number of carboxylic acids is 1. The minimum absolute atomic E-state index is 0.350. The number of nitrogens with one attached hydrogen (secondary N) is 3. The molecule has 0 rings (SSSR count). The van der Waals surface area contributed by atoms with E-state index in [1.54, 1.807) is 0 Å². The van der Waals surface area contributed by atoms with Gasteiger partial charge in [0.15, 0.2) is 0 Å². The Morgan fingerprint density at radius 1 is 0.862 bits per heavy atom. The molecule has 0 aromatic carbocycles. The molecular weight excluding hydrogens is 392 g/mol. The average molecular weight is 414 g/mol. The number of carbonyl (C=O) groups excluding carboxylic acids is 5. The molecule has 3 amide bonds. The van der Waals surface area contributed by atoms with E-state index in [0.717, 1.165) is 38.5 Å². The fourth-order valence-corrected chi connectivity index (χ4v) is 1.53. The SMILES string of the molecule is COC(=O)/C=C/C(=O)NC[C@@H](N)C(=O)N[C@H](CNC(=O)/C=C/C(=O)OC)C(=O)O. The van der Waals surface area contributed by atoms with Crippen LogP contribution in [0.2, 0.25) is 0 Å². The molecule has 0 aromatic heterocycles. The molecule has 160 valence electrons. The van der Waals surface area contributed by atoms with Crippen molar-refractivity contribution in [3.05, 3.63) is 24.3 Å². The van der Waals surface area contributed by atoms with Gasteiger partial charge in [0, 0.05) is 37.4 Å². The number of amides is 3. The summed E-state index contributed by atoms with van der Waals surface area (Å²) in [7, 11) is 2.24. The number of ether oxygens (including phenoxy) is 2. The molecule has 0 heterocycles. The highest BCUT2D eigenvalue weighted by molar-refractivity contribution is 5.96. The summed E-state index contributed by atoms with van der Waals surface area (Å²) in [4.78, 5) is 67.8. The lowest BCUT2D eigenvalue weighted by Gasteiger charge is -2.18. The number of rotatable bonds is 11. The van der Waals surface area contributed by atoms with Gasteiger partial charge in [0.05, 0.1) is 14.2 Å². The van der Waals surface area contributed by atoms with Crippen LogP contribution in [-0.2, 0) is 38.2 Å². The summed E-state index contributed by atoms with van der Waals surface area (Å²) in [5.74, 6) is -5.41. The zero-order valence-electron chi connectivity index (χ0n) is 15.7. The zero-order chi connectivity index (χ0) is 22.4. The first-order chi connectivity index (χ1) is 13.6. The van der Waals surface area contributed by atoms with Crippen molar-refractivity contribution in [2.24, 2.45) is 5.73 Å². The van der Waals surface area contributed by atoms with Gasteiger partial charge in [0.2, 0.25) is 17.7 Å². The molecule has 0 saturated heterocycles. The minimum Gasteiger partial charge on any atom is -0.480 e. The summed E-state index contributed by atoms with van der Waals surface area (Å²) in [5.41, 5.74) is 5.56. The average Bonchev–Trinajstić information content (AvgIpc) is 2.70. The standard InChI is InChI=1S/C16H22N4O9/c1-28-13(23)5-3-11(21)18-7-9(17)15(25)20-10(16(26)27)8-19-12(22)4-6-14(24)29-2/h3-6,9-10H,7-8,17H2,1-2H3,(H,18,21)(H,19,22)(H,20,25)(H,26,27)/b5-3+,6-4+/t9-,10-/m1/s1. The summed E-state index contributed by atoms with van der Waals surface area (Å²) < 4.78 is 8.58. The minimum atomic E-state index is -1.51. The Balaban J connectivity index is 4.56. The van der Waals surface area contributed by atoms with Gasteiger partial charge in [-0.15, -0.1) is 0 Å². The van der Waals surface area contributed by atoms with E-state index < -0.39 is 54.3 Å². The summed E-state index contributed by atoms with van der Waals surface area (Å²) in [6.45, 7) is -0.844. The zero-order valence-corrected chi connectivity index (χ0v) is 15.7. The lowest BCUT2D eigenvalue weighted by molar-refractivity contribution is -0.142. The highest BCUT2D eigenvalue weighted by Crippen LogP contribution is 1.88. The Morgan fingerprint density at radius 3 is 1.72 bits per heavy atom. The third-order valence-electron chi connectivity index (χ3n) is 3.07. The van der Waals surface area contributed by atoms with Crippen LogP contribution in [0.4, 0.5) is 0 Å². The molecule has 0 spiro atoms. The molecule has 0 aliphatic rings. The molecule has 0 saturated carbocycles. The van der Waals surface area contributed by atoms with Crippen LogP contribution in [0, 0.1) is 0 Å². The predicted octanol–water partition coefficient (Wildman–Crippen LogP) is -3.43. The first-order valence-corrected chi connectivity index (χ1v) is 7.97. The molecule has 0 bridgehead atoms. The Kier molecular flexibility index (Phi) is 11.7. The second-order valence-corrected chi connectivity index (χ2v) is 5.21. The predicted molar refractivity (Wildman–Crippen MR) is 95.9 cm³/mol. The normalized spacial score (nSPS) is 12.7. The van der Waals surface area contributed by atoms with Crippen LogP contribution in [0.25, 0.3) is 0 Å². The number of carbonyl (C=O) groups is 6. The van der Waals surface area contributed by atoms with Crippen LogP contribution >= 0.6 is 0 Å². The third kappa shape index (κ3) is 11.6. The van der Waals surface area contributed by atoms with E-state index in [9.17, 15) is 28.8 Å². The van der Waals surface area contributed by atoms with Crippen molar-refractivity contribution >= 4 is 35.6 Å². The van der Waals surface area contributed by atoms with Gasteiger partial charge in [0.1, 0.15) is 12.1 Å². The highest BCUT2D eigenvalue weighted by atomic mass is 16.5. The number of carboxylic acid groups (broad SMARTS) is 1. The van der Waals surface area contributed by atoms with Gasteiger partial charge in [0.25, 0.3) is 0 Å². The monoisotopic (exact) mass is 414 g/mol. The second kappa shape index (κ2) is 13.4. The van der Waals surface area contributed by atoms with Crippen LogP contribution < -0.4 is 21.7 Å². The Labute approximate surface area is 165 Å². The van der Waals surface area contributed by atoms with Crippen molar-refractivity contribution in [2.45, 2.75) is 12.1 Å².